The van der Waals surface area contributed by atoms with E-state index in [1.807, 2.05) is 18.5 Å². The van der Waals surface area contributed by atoms with Gasteiger partial charge < -0.3 is 10.1 Å². The molecular formula is C16H23N3OS. The maximum atomic E-state index is 5.29. The van der Waals surface area contributed by atoms with Gasteiger partial charge in [-0.05, 0) is 18.1 Å². The molecule has 0 spiro atoms. The molecule has 0 saturated heterocycles. The van der Waals surface area contributed by atoms with Crippen LogP contribution in [0.3, 0.4) is 0 Å². The summed E-state index contributed by atoms with van der Waals surface area (Å²) in [5.74, 6) is 0. The Balaban J connectivity index is 2.33. The highest BCUT2D eigenvalue weighted by Crippen LogP contribution is 2.30. The summed E-state index contributed by atoms with van der Waals surface area (Å²) in [6.45, 7) is 7.83. The van der Waals surface area contributed by atoms with Crippen molar-refractivity contribution in [2.24, 2.45) is 0 Å². The zero-order valence-corrected chi connectivity index (χ0v) is 14.0. The summed E-state index contributed by atoms with van der Waals surface area (Å²) in [4.78, 5) is 10.2. The van der Waals surface area contributed by atoms with Gasteiger partial charge in [0.1, 0.15) is 5.01 Å². The first-order valence-electron chi connectivity index (χ1n) is 7.29. The van der Waals surface area contributed by atoms with Gasteiger partial charge in [0.2, 0.25) is 0 Å². The molecule has 0 amide bonds. The van der Waals surface area contributed by atoms with E-state index in [9.17, 15) is 0 Å². The van der Waals surface area contributed by atoms with Gasteiger partial charge in [0.15, 0.2) is 0 Å². The number of nitrogens with one attached hydrogen (secondary N) is 1. The van der Waals surface area contributed by atoms with Crippen LogP contribution in [0.5, 0.6) is 0 Å². The van der Waals surface area contributed by atoms with Gasteiger partial charge in [-0.25, -0.2) is 4.98 Å². The summed E-state index contributed by atoms with van der Waals surface area (Å²) in [5, 5.41) is 4.51. The third-order valence-corrected chi connectivity index (χ3v) is 4.38. The van der Waals surface area contributed by atoms with Crippen LogP contribution < -0.4 is 5.32 Å². The topological polar surface area (TPSA) is 47.0 Å². The van der Waals surface area contributed by atoms with E-state index in [1.54, 1.807) is 18.4 Å². The van der Waals surface area contributed by atoms with Gasteiger partial charge in [-0.3, -0.25) is 4.98 Å². The Hall–Kier alpha value is -1.30. The molecular weight excluding hydrogens is 282 g/mol. The Morgan fingerprint density at radius 1 is 1.38 bits per heavy atom. The van der Waals surface area contributed by atoms with Crippen LogP contribution in [-0.4, -0.2) is 23.1 Å². The Labute approximate surface area is 130 Å². The van der Waals surface area contributed by atoms with Crippen molar-refractivity contribution in [3.05, 3.63) is 34.6 Å². The summed E-state index contributed by atoms with van der Waals surface area (Å²) in [6.07, 6.45) is 4.72. The first kappa shape index (κ1) is 16.1. The predicted molar refractivity (Wildman–Crippen MR) is 87.4 cm³/mol. The summed E-state index contributed by atoms with van der Waals surface area (Å²) in [6, 6.07) is 2.51. The van der Waals surface area contributed by atoms with Crippen molar-refractivity contribution in [1.29, 1.82) is 0 Å². The molecule has 114 valence electrons. The molecule has 5 heteroatoms. The molecule has 0 bridgehead atoms. The lowest BCUT2D eigenvalue weighted by Gasteiger charge is -2.07. The lowest BCUT2D eigenvalue weighted by atomic mass is 10.1. The van der Waals surface area contributed by atoms with E-state index >= 15 is 0 Å². The van der Waals surface area contributed by atoms with Crippen LogP contribution in [0.15, 0.2) is 18.5 Å². The molecule has 0 atom stereocenters. The summed E-state index contributed by atoms with van der Waals surface area (Å²) >= 11 is 1.74. The number of rotatable bonds is 7. The van der Waals surface area contributed by atoms with Crippen LogP contribution in [0, 0.1) is 0 Å². The third-order valence-electron chi connectivity index (χ3n) is 3.25. The number of ether oxygens (including phenoxy) is 1. The second-order valence-electron chi connectivity index (χ2n) is 5.24. The number of hydrogen-bond acceptors (Lipinski definition) is 5. The Kier molecular flexibility index (Phi) is 5.85. The first-order chi connectivity index (χ1) is 10.2. The minimum Gasteiger partial charge on any atom is -0.378 e. The Morgan fingerprint density at radius 3 is 2.86 bits per heavy atom. The molecule has 2 aromatic rings. The van der Waals surface area contributed by atoms with Crippen molar-refractivity contribution in [1.82, 2.24) is 15.3 Å². The average molecular weight is 305 g/mol. The highest BCUT2D eigenvalue weighted by atomic mass is 32.1. The van der Waals surface area contributed by atoms with Gasteiger partial charge in [0.05, 0.1) is 12.3 Å². The standard InChI is InChI=1S/C16H23N3OS/c1-5-12-8-17-7-6-13(12)16-19-14(10-20-4)15(21-16)9-18-11(2)3/h6-8,11,18H,5,9-10H2,1-4H3. The SMILES string of the molecule is CCc1cnccc1-c1nc(COC)c(CNC(C)C)s1. The fourth-order valence-corrected chi connectivity index (χ4v) is 3.18. The molecule has 0 aromatic carbocycles. The van der Waals surface area contributed by atoms with E-state index in [1.165, 1.54) is 16.0 Å². The van der Waals surface area contributed by atoms with E-state index in [4.69, 9.17) is 9.72 Å². The quantitative estimate of drug-likeness (QED) is 0.851. The second kappa shape index (κ2) is 7.64. The fourth-order valence-electron chi connectivity index (χ4n) is 2.10. The Bertz CT molecular complexity index is 581. The van der Waals surface area contributed by atoms with Gasteiger partial charge >= 0.3 is 0 Å². The molecule has 0 saturated carbocycles. The maximum absolute atomic E-state index is 5.29. The monoisotopic (exact) mass is 305 g/mol. The summed E-state index contributed by atoms with van der Waals surface area (Å²) in [5.41, 5.74) is 3.45. The smallest absolute Gasteiger partial charge is 0.124 e. The van der Waals surface area contributed by atoms with Gasteiger partial charge in [-0.1, -0.05) is 20.8 Å². The zero-order valence-electron chi connectivity index (χ0n) is 13.1. The van der Waals surface area contributed by atoms with Crippen molar-refractivity contribution in [2.75, 3.05) is 7.11 Å². The number of methoxy groups -OCH3 is 1. The molecule has 2 rings (SSSR count). The molecule has 0 aliphatic rings. The highest BCUT2D eigenvalue weighted by Gasteiger charge is 2.14. The normalized spacial score (nSPS) is 11.3. The largest absolute Gasteiger partial charge is 0.378 e. The van der Waals surface area contributed by atoms with Crippen molar-refractivity contribution >= 4 is 11.3 Å². The van der Waals surface area contributed by atoms with Gasteiger partial charge in [0.25, 0.3) is 0 Å². The minimum atomic E-state index is 0.457. The van der Waals surface area contributed by atoms with Crippen molar-refractivity contribution in [3.8, 4) is 10.6 Å². The summed E-state index contributed by atoms with van der Waals surface area (Å²) < 4.78 is 5.29. The number of thiazole rings is 1. The van der Waals surface area contributed by atoms with Crippen LogP contribution >= 0.6 is 11.3 Å². The van der Waals surface area contributed by atoms with Gasteiger partial charge in [-0.2, -0.15) is 0 Å². The van der Waals surface area contributed by atoms with Crippen molar-refractivity contribution in [3.63, 3.8) is 0 Å². The molecule has 0 aliphatic carbocycles. The average Bonchev–Trinajstić information content (AvgIpc) is 2.88. The molecule has 0 fully saturated rings. The van der Waals surface area contributed by atoms with Crippen LogP contribution in [0.1, 0.15) is 36.9 Å². The van der Waals surface area contributed by atoms with Crippen molar-refractivity contribution in [2.45, 2.75) is 46.4 Å². The fraction of sp³-hybridized carbons (Fsp3) is 0.500. The number of nitrogens with zero attached hydrogens (tertiary/aromatic N) is 2. The molecule has 2 aromatic heterocycles. The highest BCUT2D eigenvalue weighted by molar-refractivity contribution is 7.15. The second-order valence-corrected chi connectivity index (χ2v) is 6.33. The first-order valence-corrected chi connectivity index (χ1v) is 8.11. The lowest BCUT2D eigenvalue weighted by Crippen LogP contribution is -2.21. The lowest BCUT2D eigenvalue weighted by molar-refractivity contribution is 0.181. The molecule has 0 radical (unpaired) electrons. The van der Waals surface area contributed by atoms with E-state index < -0.39 is 0 Å². The van der Waals surface area contributed by atoms with Crippen LogP contribution in [0.2, 0.25) is 0 Å². The van der Waals surface area contributed by atoms with Gasteiger partial charge in [0, 0.05) is 42.5 Å². The Morgan fingerprint density at radius 2 is 2.19 bits per heavy atom. The van der Waals surface area contributed by atoms with Crippen LogP contribution in [0.4, 0.5) is 0 Å². The molecule has 4 nitrogen and oxygen atoms in total. The number of aryl methyl sites for hydroxylation is 1. The van der Waals surface area contributed by atoms with E-state index in [2.05, 4.69) is 31.1 Å². The minimum absolute atomic E-state index is 0.457. The zero-order chi connectivity index (χ0) is 15.2. The molecule has 0 unspecified atom stereocenters. The molecule has 1 N–H and O–H groups in total. The van der Waals surface area contributed by atoms with E-state index in [0.717, 1.165) is 23.7 Å². The van der Waals surface area contributed by atoms with Gasteiger partial charge in [-0.15, -0.1) is 11.3 Å². The number of aromatic nitrogens is 2. The maximum Gasteiger partial charge on any atom is 0.124 e. The van der Waals surface area contributed by atoms with Crippen molar-refractivity contribution < 1.29 is 4.74 Å². The summed E-state index contributed by atoms with van der Waals surface area (Å²) in [7, 11) is 1.71. The molecule has 2 heterocycles. The molecule has 0 aliphatic heterocycles. The van der Waals surface area contributed by atoms with E-state index in [-0.39, 0.29) is 0 Å². The molecule has 21 heavy (non-hydrogen) atoms. The number of hydrogen-bond donors (Lipinski definition) is 1. The third kappa shape index (κ3) is 4.09. The van der Waals surface area contributed by atoms with Crippen LogP contribution in [0.25, 0.3) is 10.6 Å². The van der Waals surface area contributed by atoms with E-state index in [0.29, 0.717) is 12.6 Å². The predicted octanol–water partition coefficient (Wildman–Crippen LogP) is 3.41. The van der Waals surface area contributed by atoms with Crippen LogP contribution in [-0.2, 0) is 24.3 Å². The number of pyridine rings is 1.